The molecule has 0 rings (SSSR count). The highest BCUT2D eigenvalue weighted by molar-refractivity contribution is 4.68. The quantitative estimate of drug-likeness (QED) is 0.609. The van der Waals surface area contributed by atoms with E-state index in [9.17, 15) is 13.2 Å². The number of alkyl halides is 3. The Bertz CT molecular complexity index is 177. The first-order chi connectivity index (χ1) is 7.99. The number of hydrogen-bond acceptors (Lipinski definition) is 3. The van der Waals surface area contributed by atoms with Gasteiger partial charge in [-0.1, -0.05) is 6.92 Å². The smallest absolute Gasteiger partial charge is 0.382 e. The summed E-state index contributed by atoms with van der Waals surface area (Å²) in [5.41, 5.74) is 0. The Morgan fingerprint density at radius 1 is 1.12 bits per heavy atom. The van der Waals surface area contributed by atoms with Crippen molar-refractivity contribution in [1.82, 2.24) is 5.32 Å². The van der Waals surface area contributed by atoms with Crippen molar-refractivity contribution >= 4 is 0 Å². The molecule has 0 aliphatic heterocycles. The summed E-state index contributed by atoms with van der Waals surface area (Å²) in [5.74, 6) is 0. The van der Waals surface area contributed by atoms with Gasteiger partial charge in [-0.15, -0.1) is 0 Å². The monoisotopic (exact) mass is 257 g/mol. The van der Waals surface area contributed by atoms with E-state index < -0.39 is 12.6 Å². The van der Waals surface area contributed by atoms with Gasteiger partial charge in [-0.25, -0.2) is 0 Å². The second kappa shape index (κ2) is 9.67. The molecule has 6 heteroatoms. The maximum Gasteiger partial charge on any atom is 0.389 e. The van der Waals surface area contributed by atoms with Crippen molar-refractivity contribution in [3.8, 4) is 0 Å². The lowest BCUT2D eigenvalue weighted by Gasteiger charge is -2.18. The van der Waals surface area contributed by atoms with E-state index in [2.05, 4.69) is 5.32 Å². The molecule has 3 nitrogen and oxygen atoms in total. The zero-order valence-corrected chi connectivity index (χ0v) is 10.5. The topological polar surface area (TPSA) is 30.5 Å². The molecule has 104 valence electrons. The van der Waals surface area contributed by atoms with Crippen LogP contribution < -0.4 is 5.32 Å². The van der Waals surface area contributed by atoms with Crippen molar-refractivity contribution in [2.75, 3.05) is 33.5 Å². The van der Waals surface area contributed by atoms with Crippen LogP contribution in [-0.4, -0.2) is 45.7 Å². The summed E-state index contributed by atoms with van der Waals surface area (Å²) in [7, 11) is 1.58. The highest BCUT2D eigenvalue weighted by Crippen LogP contribution is 2.22. The fourth-order valence-electron chi connectivity index (χ4n) is 1.44. The Morgan fingerprint density at radius 3 is 2.35 bits per heavy atom. The summed E-state index contributed by atoms with van der Waals surface area (Å²) in [4.78, 5) is 0. The Labute approximate surface area is 101 Å². The Balaban J connectivity index is 3.67. The molecule has 17 heavy (non-hydrogen) atoms. The number of rotatable bonds is 10. The van der Waals surface area contributed by atoms with E-state index in [4.69, 9.17) is 9.47 Å². The van der Waals surface area contributed by atoms with Crippen molar-refractivity contribution in [2.24, 2.45) is 0 Å². The molecule has 0 aromatic heterocycles. The molecule has 1 atom stereocenters. The summed E-state index contributed by atoms with van der Waals surface area (Å²) in [6.45, 7) is 3.99. The van der Waals surface area contributed by atoms with E-state index in [-0.39, 0.29) is 12.5 Å². The van der Waals surface area contributed by atoms with Gasteiger partial charge >= 0.3 is 6.18 Å². The van der Waals surface area contributed by atoms with Gasteiger partial charge in [0.2, 0.25) is 0 Å². The molecule has 0 saturated heterocycles. The Kier molecular flexibility index (Phi) is 9.49. The molecule has 0 aliphatic carbocycles. The van der Waals surface area contributed by atoms with Gasteiger partial charge in [-0.05, 0) is 19.4 Å². The lowest BCUT2D eigenvalue weighted by atomic mass is 10.1. The zero-order chi connectivity index (χ0) is 13.1. The van der Waals surface area contributed by atoms with Gasteiger partial charge in [0.15, 0.2) is 0 Å². The fraction of sp³-hybridized carbons (Fsp3) is 1.00. The Morgan fingerprint density at radius 2 is 1.82 bits per heavy atom. The highest BCUT2D eigenvalue weighted by atomic mass is 19.4. The largest absolute Gasteiger partial charge is 0.389 e. The van der Waals surface area contributed by atoms with E-state index in [1.54, 1.807) is 7.11 Å². The molecule has 0 amide bonds. The van der Waals surface area contributed by atoms with Gasteiger partial charge in [0.25, 0.3) is 0 Å². The molecule has 0 aliphatic rings. The van der Waals surface area contributed by atoms with Crippen molar-refractivity contribution in [1.29, 1.82) is 0 Å². The van der Waals surface area contributed by atoms with Crippen molar-refractivity contribution in [3.63, 3.8) is 0 Å². The summed E-state index contributed by atoms with van der Waals surface area (Å²) in [5, 5.41) is 3.03. The first-order valence-electron chi connectivity index (χ1n) is 5.86. The first kappa shape index (κ1) is 16.7. The van der Waals surface area contributed by atoms with Crippen LogP contribution in [0.3, 0.4) is 0 Å². The second-order valence-corrected chi connectivity index (χ2v) is 3.80. The van der Waals surface area contributed by atoms with Crippen LogP contribution in [-0.2, 0) is 9.47 Å². The molecular weight excluding hydrogens is 235 g/mol. The molecule has 0 fully saturated rings. The molecule has 0 saturated carbocycles. The molecule has 0 heterocycles. The minimum absolute atomic E-state index is 0.102. The standard InChI is InChI=1S/C11H22F3NO2/c1-3-15-10(4-6-11(12,13)14)5-7-17-9-8-16-2/h10,15H,3-9H2,1-2H3. The third-order valence-corrected chi connectivity index (χ3v) is 2.31. The van der Waals surface area contributed by atoms with Gasteiger partial charge in [-0.2, -0.15) is 13.2 Å². The predicted octanol–water partition coefficient (Wildman–Crippen LogP) is 2.36. The number of ether oxygens (including phenoxy) is 2. The fourth-order valence-corrected chi connectivity index (χ4v) is 1.44. The maximum absolute atomic E-state index is 12.1. The zero-order valence-electron chi connectivity index (χ0n) is 10.5. The van der Waals surface area contributed by atoms with Crippen LogP contribution in [0, 0.1) is 0 Å². The SMILES string of the molecule is CCNC(CCOCCOC)CCC(F)(F)F. The van der Waals surface area contributed by atoms with Crippen LogP contribution in [0.5, 0.6) is 0 Å². The predicted molar refractivity (Wildman–Crippen MR) is 60.1 cm³/mol. The third-order valence-electron chi connectivity index (χ3n) is 2.31. The van der Waals surface area contributed by atoms with Crippen LogP contribution in [0.1, 0.15) is 26.2 Å². The summed E-state index contributed by atoms with van der Waals surface area (Å²) < 4.78 is 46.2. The number of hydrogen-bond donors (Lipinski definition) is 1. The first-order valence-corrected chi connectivity index (χ1v) is 5.86. The van der Waals surface area contributed by atoms with E-state index in [0.717, 1.165) is 0 Å². The van der Waals surface area contributed by atoms with Crippen molar-refractivity contribution < 1.29 is 22.6 Å². The van der Waals surface area contributed by atoms with Crippen molar-refractivity contribution in [3.05, 3.63) is 0 Å². The second-order valence-electron chi connectivity index (χ2n) is 3.80. The van der Waals surface area contributed by atoms with E-state index in [1.807, 2.05) is 6.92 Å². The number of methoxy groups -OCH3 is 1. The van der Waals surface area contributed by atoms with Crippen LogP contribution in [0.25, 0.3) is 0 Å². The molecule has 1 N–H and O–H groups in total. The maximum atomic E-state index is 12.1. The molecule has 0 radical (unpaired) electrons. The van der Waals surface area contributed by atoms with Crippen LogP contribution in [0.2, 0.25) is 0 Å². The van der Waals surface area contributed by atoms with Gasteiger partial charge in [-0.3, -0.25) is 0 Å². The molecule has 0 aromatic carbocycles. The summed E-state index contributed by atoms with van der Waals surface area (Å²) >= 11 is 0. The van der Waals surface area contributed by atoms with Crippen LogP contribution in [0.4, 0.5) is 13.2 Å². The van der Waals surface area contributed by atoms with E-state index in [0.29, 0.717) is 32.8 Å². The summed E-state index contributed by atoms with van der Waals surface area (Å²) in [6.07, 6.45) is -4.13. The van der Waals surface area contributed by atoms with Crippen LogP contribution in [0.15, 0.2) is 0 Å². The molecule has 0 spiro atoms. The average molecular weight is 257 g/mol. The summed E-state index contributed by atoms with van der Waals surface area (Å²) in [6, 6.07) is -0.135. The molecule has 0 bridgehead atoms. The molecule has 0 aromatic rings. The van der Waals surface area contributed by atoms with Gasteiger partial charge < -0.3 is 14.8 Å². The average Bonchev–Trinajstić information content (AvgIpc) is 2.24. The van der Waals surface area contributed by atoms with Crippen LogP contribution >= 0.6 is 0 Å². The van der Waals surface area contributed by atoms with Gasteiger partial charge in [0.05, 0.1) is 13.2 Å². The lowest BCUT2D eigenvalue weighted by Crippen LogP contribution is -2.31. The minimum Gasteiger partial charge on any atom is -0.382 e. The molecular formula is C11H22F3NO2. The number of nitrogens with one attached hydrogen (secondary N) is 1. The molecule has 1 unspecified atom stereocenters. The third kappa shape index (κ3) is 11.9. The van der Waals surface area contributed by atoms with Gasteiger partial charge in [0, 0.05) is 26.2 Å². The highest BCUT2D eigenvalue weighted by Gasteiger charge is 2.27. The van der Waals surface area contributed by atoms with Gasteiger partial charge in [0.1, 0.15) is 0 Å². The lowest BCUT2D eigenvalue weighted by molar-refractivity contribution is -0.136. The minimum atomic E-state index is -4.08. The van der Waals surface area contributed by atoms with E-state index >= 15 is 0 Å². The normalized spacial score (nSPS) is 13.9. The number of halogens is 3. The Hall–Kier alpha value is -0.330. The van der Waals surface area contributed by atoms with Crippen molar-refractivity contribution in [2.45, 2.75) is 38.4 Å². The van der Waals surface area contributed by atoms with E-state index in [1.165, 1.54) is 0 Å².